The minimum atomic E-state index is -0.244. The van der Waals surface area contributed by atoms with E-state index < -0.39 is 0 Å². The zero-order valence-electron chi connectivity index (χ0n) is 13.2. The molecule has 0 radical (unpaired) electrons. The molecule has 1 saturated carbocycles. The first-order valence-corrected chi connectivity index (χ1v) is 8.62. The van der Waals surface area contributed by atoms with Crippen molar-refractivity contribution in [3.05, 3.63) is 0 Å². The third kappa shape index (κ3) is 3.75. The number of esters is 1. The average molecular weight is 281 g/mol. The molecule has 0 aromatic heterocycles. The monoisotopic (exact) mass is 281 g/mol. The molecular weight excluding hydrogens is 250 g/mol. The first-order valence-electron chi connectivity index (χ1n) is 8.62. The second-order valence-corrected chi connectivity index (χ2v) is 6.78. The molecule has 3 nitrogen and oxygen atoms in total. The standard InChI is InChI=1S/C17H31NO2/c1-3-9-17(10-6-11-18-13-17)16(19)20-15-8-5-7-14(4-2)12-15/h14-15,18H,3-13H2,1-2H3. The minimum absolute atomic E-state index is 0.0771. The summed E-state index contributed by atoms with van der Waals surface area (Å²) in [5.74, 6) is 0.835. The van der Waals surface area contributed by atoms with Gasteiger partial charge in [-0.15, -0.1) is 0 Å². The lowest BCUT2D eigenvalue weighted by molar-refractivity contribution is -0.165. The number of carbonyl (C=O) groups is 1. The van der Waals surface area contributed by atoms with Crippen LogP contribution in [-0.2, 0) is 9.53 Å². The summed E-state index contributed by atoms with van der Waals surface area (Å²) >= 11 is 0. The van der Waals surface area contributed by atoms with Crippen molar-refractivity contribution in [3.63, 3.8) is 0 Å². The largest absolute Gasteiger partial charge is 0.462 e. The molecule has 1 heterocycles. The van der Waals surface area contributed by atoms with Gasteiger partial charge in [0, 0.05) is 6.54 Å². The van der Waals surface area contributed by atoms with Gasteiger partial charge < -0.3 is 10.1 Å². The van der Waals surface area contributed by atoms with Gasteiger partial charge in [-0.3, -0.25) is 4.79 Å². The Morgan fingerprint density at radius 1 is 1.30 bits per heavy atom. The lowest BCUT2D eigenvalue weighted by Gasteiger charge is -2.37. The highest BCUT2D eigenvalue weighted by Gasteiger charge is 2.41. The van der Waals surface area contributed by atoms with Crippen LogP contribution in [0.5, 0.6) is 0 Å². The Balaban J connectivity index is 1.94. The summed E-state index contributed by atoms with van der Waals surface area (Å²) < 4.78 is 5.94. The van der Waals surface area contributed by atoms with E-state index in [0.29, 0.717) is 0 Å². The predicted octanol–water partition coefficient (Wildman–Crippen LogP) is 3.67. The highest BCUT2D eigenvalue weighted by molar-refractivity contribution is 5.77. The molecule has 1 saturated heterocycles. The van der Waals surface area contributed by atoms with E-state index in [-0.39, 0.29) is 17.5 Å². The summed E-state index contributed by atoms with van der Waals surface area (Å²) in [7, 11) is 0. The zero-order chi connectivity index (χ0) is 14.4. The molecule has 2 rings (SSSR count). The van der Waals surface area contributed by atoms with Crippen LogP contribution in [0.1, 0.15) is 71.6 Å². The Hall–Kier alpha value is -0.570. The van der Waals surface area contributed by atoms with E-state index in [1.807, 2.05) is 0 Å². The third-order valence-electron chi connectivity index (χ3n) is 5.22. The molecule has 3 unspecified atom stereocenters. The van der Waals surface area contributed by atoms with Gasteiger partial charge in [-0.1, -0.05) is 33.1 Å². The summed E-state index contributed by atoms with van der Waals surface area (Å²) in [6.07, 6.45) is 10.2. The highest BCUT2D eigenvalue weighted by Crippen LogP contribution is 2.36. The van der Waals surface area contributed by atoms with Gasteiger partial charge in [0.1, 0.15) is 6.10 Å². The number of rotatable bonds is 5. The molecule has 2 aliphatic rings. The van der Waals surface area contributed by atoms with E-state index in [2.05, 4.69) is 19.2 Å². The fourth-order valence-corrected chi connectivity index (χ4v) is 3.93. The Morgan fingerprint density at radius 2 is 2.15 bits per heavy atom. The highest BCUT2D eigenvalue weighted by atomic mass is 16.5. The van der Waals surface area contributed by atoms with Crippen LogP contribution in [0.25, 0.3) is 0 Å². The van der Waals surface area contributed by atoms with E-state index in [9.17, 15) is 4.79 Å². The van der Waals surface area contributed by atoms with Gasteiger partial charge >= 0.3 is 5.97 Å². The van der Waals surface area contributed by atoms with Crippen LogP contribution in [0.4, 0.5) is 0 Å². The predicted molar refractivity (Wildman–Crippen MR) is 81.6 cm³/mol. The minimum Gasteiger partial charge on any atom is -0.462 e. The fourth-order valence-electron chi connectivity index (χ4n) is 3.93. The third-order valence-corrected chi connectivity index (χ3v) is 5.22. The van der Waals surface area contributed by atoms with Crippen molar-refractivity contribution in [2.75, 3.05) is 13.1 Å². The van der Waals surface area contributed by atoms with Crippen LogP contribution in [0.3, 0.4) is 0 Å². The second kappa shape index (κ2) is 7.44. The molecule has 0 amide bonds. The number of nitrogens with one attached hydrogen (secondary N) is 1. The molecular formula is C17H31NO2. The van der Waals surface area contributed by atoms with Crippen molar-refractivity contribution in [2.24, 2.45) is 11.3 Å². The van der Waals surface area contributed by atoms with Gasteiger partial charge in [0.05, 0.1) is 5.41 Å². The van der Waals surface area contributed by atoms with E-state index in [0.717, 1.165) is 57.5 Å². The molecule has 1 aliphatic carbocycles. The van der Waals surface area contributed by atoms with E-state index in [1.165, 1.54) is 19.3 Å². The summed E-state index contributed by atoms with van der Waals surface area (Å²) in [4.78, 5) is 12.7. The van der Waals surface area contributed by atoms with E-state index >= 15 is 0 Å². The summed E-state index contributed by atoms with van der Waals surface area (Å²) in [5, 5.41) is 3.40. The topological polar surface area (TPSA) is 38.3 Å². The van der Waals surface area contributed by atoms with Crippen molar-refractivity contribution in [3.8, 4) is 0 Å². The second-order valence-electron chi connectivity index (χ2n) is 6.78. The van der Waals surface area contributed by atoms with Crippen LogP contribution in [0, 0.1) is 11.3 Å². The number of piperidine rings is 1. The molecule has 2 fully saturated rings. The summed E-state index contributed by atoms with van der Waals surface area (Å²) in [5.41, 5.74) is -0.244. The first kappa shape index (κ1) is 15.8. The van der Waals surface area contributed by atoms with Crippen LogP contribution in [-0.4, -0.2) is 25.2 Å². The van der Waals surface area contributed by atoms with Crippen molar-refractivity contribution < 1.29 is 9.53 Å². The lowest BCUT2D eigenvalue weighted by atomic mass is 9.77. The maximum atomic E-state index is 12.7. The molecule has 116 valence electrons. The van der Waals surface area contributed by atoms with Crippen molar-refractivity contribution in [1.82, 2.24) is 5.32 Å². The Labute approximate surface area is 123 Å². The molecule has 3 atom stereocenters. The van der Waals surface area contributed by atoms with Crippen LogP contribution in [0.2, 0.25) is 0 Å². The molecule has 0 bridgehead atoms. The Morgan fingerprint density at radius 3 is 2.80 bits per heavy atom. The molecule has 1 aliphatic heterocycles. The van der Waals surface area contributed by atoms with Crippen molar-refractivity contribution >= 4 is 5.97 Å². The Bertz CT molecular complexity index is 305. The normalized spacial score (nSPS) is 34.7. The molecule has 0 aromatic rings. The number of hydrogen-bond donors (Lipinski definition) is 1. The molecule has 20 heavy (non-hydrogen) atoms. The fraction of sp³-hybridized carbons (Fsp3) is 0.941. The quantitative estimate of drug-likeness (QED) is 0.781. The van der Waals surface area contributed by atoms with Crippen molar-refractivity contribution in [1.29, 1.82) is 0 Å². The van der Waals surface area contributed by atoms with Gasteiger partial charge in [0.25, 0.3) is 0 Å². The number of ether oxygens (including phenoxy) is 1. The number of carbonyl (C=O) groups excluding carboxylic acids is 1. The SMILES string of the molecule is CCCC1(C(=O)OC2CCCC(CC)C2)CCCNC1. The maximum Gasteiger partial charge on any atom is 0.313 e. The van der Waals surface area contributed by atoms with Gasteiger partial charge in [-0.25, -0.2) is 0 Å². The summed E-state index contributed by atoms with van der Waals surface area (Å²) in [6.45, 7) is 6.26. The molecule has 1 N–H and O–H groups in total. The molecule has 3 heteroatoms. The van der Waals surface area contributed by atoms with Gasteiger partial charge in [0.15, 0.2) is 0 Å². The average Bonchev–Trinajstić information content (AvgIpc) is 2.48. The first-order chi connectivity index (χ1) is 9.70. The zero-order valence-corrected chi connectivity index (χ0v) is 13.2. The van der Waals surface area contributed by atoms with Crippen molar-refractivity contribution in [2.45, 2.75) is 77.7 Å². The van der Waals surface area contributed by atoms with Gasteiger partial charge in [0.2, 0.25) is 0 Å². The molecule has 0 spiro atoms. The number of hydrogen-bond acceptors (Lipinski definition) is 3. The summed E-state index contributed by atoms with van der Waals surface area (Å²) in [6, 6.07) is 0. The Kier molecular flexibility index (Phi) is 5.88. The van der Waals surface area contributed by atoms with Gasteiger partial charge in [-0.05, 0) is 51.0 Å². The van der Waals surface area contributed by atoms with E-state index in [1.54, 1.807) is 0 Å². The van der Waals surface area contributed by atoms with E-state index in [4.69, 9.17) is 4.74 Å². The lowest BCUT2D eigenvalue weighted by Crippen LogP contribution is -2.47. The molecule has 0 aromatic carbocycles. The van der Waals surface area contributed by atoms with Gasteiger partial charge in [-0.2, -0.15) is 0 Å². The van der Waals surface area contributed by atoms with Crippen LogP contribution in [0.15, 0.2) is 0 Å². The maximum absolute atomic E-state index is 12.7. The smallest absolute Gasteiger partial charge is 0.313 e. The van der Waals surface area contributed by atoms with Crippen LogP contribution < -0.4 is 5.32 Å². The van der Waals surface area contributed by atoms with Crippen LogP contribution >= 0.6 is 0 Å².